The smallest absolute Gasteiger partial charge is 0.351 e. The van der Waals surface area contributed by atoms with Crippen molar-refractivity contribution in [3.05, 3.63) is 101 Å². The van der Waals surface area contributed by atoms with E-state index in [1.54, 1.807) is 36.4 Å². The number of aromatic amines is 1. The van der Waals surface area contributed by atoms with Crippen molar-refractivity contribution in [2.45, 2.75) is 11.5 Å². The highest BCUT2D eigenvalue weighted by molar-refractivity contribution is 7.86. The molecule has 1 heterocycles. The van der Waals surface area contributed by atoms with Gasteiger partial charge in [-0.25, -0.2) is 4.79 Å². The van der Waals surface area contributed by atoms with Crippen LogP contribution in [0.4, 0.5) is 29.0 Å². The molecule has 1 aromatic heterocycles. The van der Waals surface area contributed by atoms with Crippen molar-refractivity contribution in [1.82, 2.24) is 15.0 Å². The molecule has 5 aromatic rings. The molecular formula is C27H24N6O6S. The van der Waals surface area contributed by atoms with Crippen LogP contribution in [0, 0.1) is 0 Å². The van der Waals surface area contributed by atoms with E-state index >= 15 is 0 Å². The Balaban J connectivity index is 1.38. The first-order chi connectivity index (χ1) is 19.3. The lowest BCUT2D eigenvalue weighted by atomic mass is 10.1. The van der Waals surface area contributed by atoms with Crippen molar-refractivity contribution in [1.29, 1.82) is 0 Å². The fourth-order valence-corrected chi connectivity index (χ4v) is 4.70. The summed E-state index contributed by atoms with van der Waals surface area (Å²) in [6.07, 6.45) is 0. The normalized spacial score (nSPS) is 11.2. The largest absolute Gasteiger partial charge is 0.495 e. The van der Waals surface area contributed by atoms with E-state index in [1.807, 2.05) is 36.4 Å². The molecule has 0 aliphatic rings. The van der Waals surface area contributed by atoms with Gasteiger partial charge >= 0.3 is 5.69 Å². The Hall–Kier alpha value is -4.98. The number of H-pyrrole nitrogens is 1. The topological polar surface area (TPSA) is 168 Å². The lowest BCUT2D eigenvalue weighted by molar-refractivity contribution is 0.180. The first-order valence-corrected chi connectivity index (χ1v) is 13.4. The van der Waals surface area contributed by atoms with Crippen LogP contribution in [0.25, 0.3) is 10.8 Å². The Morgan fingerprint density at radius 1 is 0.875 bits per heavy atom. The van der Waals surface area contributed by atoms with Gasteiger partial charge in [0.05, 0.1) is 25.1 Å². The zero-order valence-corrected chi connectivity index (χ0v) is 21.9. The number of hydrogen-bond acceptors (Lipinski definition) is 10. The second-order valence-electron chi connectivity index (χ2n) is 8.50. The van der Waals surface area contributed by atoms with Crippen molar-refractivity contribution >= 4 is 49.8 Å². The van der Waals surface area contributed by atoms with E-state index in [2.05, 4.69) is 31.1 Å². The zero-order valence-electron chi connectivity index (χ0n) is 21.1. The van der Waals surface area contributed by atoms with Crippen LogP contribution in [0.15, 0.2) is 94.6 Å². The Kier molecular flexibility index (Phi) is 7.59. The standard InChI is InChI=1S/C27H24N6O6S/c1-38-23-13-11-17(16-39-33-18-7-3-2-4-8-18)15-22(23)29-26-30-25(31-27(34)32-26)28-21-12-14-24(40(35,36)37)20-10-6-5-9-19(20)21/h2-15,33H,16H2,1H3,(H,35,36,37)(H3,28,29,30,31,32,34). The van der Waals surface area contributed by atoms with E-state index < -0.39 is 15.8 Å². The molecule has 13 heteroatoms. The second-order valence-corrected chi connectivity index (χ2v) is 9.89. The number of methoxy groups -OCH3 is 1. The van der Waals surface area contributed by atoms with Gasteiger partial charge in [0.25, 0.3) is 10.1 Å². The molecule has 0 bridgehead atoms. The number of nitrogens with zero attached hydrogens (tertiary/aromatic N) is 2. The molecule has 0 aliphatic heterocycles. The van der Waals surface area contributed by atoms with Crippen molar-refractivity contribution in [3.8, 4) is 5.75 Å². The summed E-state index contributed by atoms with van der Waals surface area (Å²) in [5.41, 5.74) is 4.78. The molecule has 0 saturated heterocycles. The monoisotopic (exact) mass is 560 g/mol. The Labute approximate surface area is 228 Å². The summed E-state index contributed by atoms with van der Waals surface area (Å²) in [5.74, 6) is 0.544. The molecule has 0 spiro atoms. The molecule has 12 nitrogen and oxygen atoms in total. The minimum absolute atomic E-state index is 0.0403. The first-order valence-electron chi connectivity index (χ1n) is 11.9. The third-order valence-electron chi connectivity index (χ3n) is 5.78. The van der Waals surface area contributed by atoms with E-state index in [-0.39, 0.29) is 23.4 Å². The number of rotatable bonds is 10. The van der Waals surface area contributed by atoms with Crippen molar-refractivity contribution in [2.75, 3.05) is 23.2 Å². The molecule has 5 N–H and O–H groups in total. The molecule has 0 amide bonds. The Bertz CT molecular complexity index is 1830. The summed E-state index contributed by atoms with van der Waals surface area (Å²) in [5, 5.41) is 6.78. The molecule has 0 radical (unpaired) electrons. The van der Waals surface area contributed by atoms with Gasteiger partial charge in [-0.1, -0.05) is 48.5 Å². The predicted molar refractivity (Wildman–Crippen MR) is 151 cm³/mol. The van der Waals surface area contributed by atoms with Gasteiger partial charge in [0.15, 0.2) is 0 Å². The number of para-hydroxylation sites is 1. The highest BCUT2D eigenvalue weighted by Gasteiger charge is 2.16. The maximum atomic E-state index is 12.4. The highest BCUT2D eigenvalue weighted by Crippen LogP contribution is 2.31. The average Bonchev–Trinajstić information content (AvgIpc) is 2.93. The molecule has 0 aliphatic carbocycles. The maximum Gasteiger partial charge on any atom is 0.351 e. The van der Waals surface area contributed by atoms with Gasteiger partial charge in [-0.2, -0.15) is 18.4 Å². The predicted octanol–water partition coefficient (Wildman–Crippen LogP) is 4.60. The van der Waals surface area contributed by atoms with E-state index in [4.69, 9.17) is 9.57 Å². The fraction of sp³-hybridized carbons (Fsp3) is 0.0741. The van der Waals surface area contributed by atoms with Crippen LogP contribution in [0.3, 0.4) is 0 Å². The van der Waals surface area contributed by atoms with Crippen LogP contribution < -0.4 is 26.5 Å². The number of aromatic nitrogens is 3. The van der Waals surface area contributed by atoms with Gasteiger partial charge in [-0.3, -0.25) is 19.9 Å². The molecular weight excluding hydrogens is 536 g/mol. The molecule has 0 atom stereocenters. The van der Waals surface area contributed by atoms with Gasteiger partial charge in [0.1, 0.15) is 10.6 Å². The SMILES string of the molecule is COc1ccc(CONc2ccccc2)cc1Nc1nc(Nc2ccc(S(=O)(=O)O)c3ccccc23)nc(=O)[nH]1. The van der Waals surface area contributed by atoms with Crippen LogP contribution in [0.1, 0.15) is 5.56 Å². The van der Waals surface area contributed by atoms with Crippen LogP contribution in [-0.4, -0.2) is 35.0 Å². The number of fused-ring (bicyclic) bond motifs is 1. The van der Waals surface area contributed by atoms with E-state index in [1.165, 1.54) is 19.2 Å². The van der Waals surface area contributed by atoms with Gasteiger partial charge in [-0.05, 0) is 42.0 Å². The lowest BCUT2D eigenvalue weighted by Crippen LogP contribution is -2.17. The van der Waals surface area contributed by atoms with Crippen LogP contribution >= 0.6 is 0 Å². The van der Waals surface area contributed by atoms with Gasteiger partial charge < -0.3 is 15.4 Å². The van der Waals surface area contributed by atoms with Gasteiger partial charge in [-0.15, -0.1) is 0 Å². The zero-order chi connectivity index (χ0) is 28.1. The summed E-state index contributed by atoms with van der Waals surface area (Å²) in [6.45, 7) is 0.243. The molecule has 204 valence electrons. The summed E-state index contributed by atoms with van der Waals surface area (Å²) in [7, 11) is -2.93. The summed E-state index contributed by atoms with van der Waals surface area (Å²) in [6, 6.07) is 24.2. The quantitative estimate of drug-likeness (QED) is 0.120. The summed E-state index contributed by atoms with van der Waals surface area (Å²) >= 11 is 0. The van der Waals surface area contributed by atoms with Crippen LogP contribution in [-0.2, 0) is 21.6 Å². The summed E-state index contributed by atoms with van der Waals surface area (Å²) < 4.78 is 38.7. The van der Waals surface area contributed by atoms with E-state index in [9.17, 15) is 17.8 Å². The minimum Gasteiger partial charge on any atom is -0.495 e. The number of ether oxygens (including phenoxy) is 1. The van der Waals surface area contributed by atoms with E-state index in [0.29, 0.717) is 27.9 Å². The van der Waals surface area contributed by atoms with Crippen molar-refractivity contribution in [2.24, 2.45) is 0 Å². The van der Waals surface area contributed by atoms with Crippen molar-refractivity contribution < 1.29 is 22.5 Å². The fourth-order valence-electron chi connectivity index (χ4n) is 4.00. The average molecular weight is 561 g/mol. The van der Waals surface area contributed by atoms with E-state index in [0.717, 1.165) is 11.3 Å². The first kappa shape index (κ1) is 26.6. The third-order valence-corrected chi connectivity index (χ3v) is 6.69. The van der Waals surface area contributed by atoms with Gasteiger partial charge in [0, 0.05) is 16.5 Å². The molecule has 4 aromatic carbocycles. The number of nitrogens with one attached hydrogen (secondary N) is 4. The van der Waals surface area contributed by atoms with Gasteiger partial charge in [0.2, 0.25) is 11.9 Å². The molecule has 0 saturated carbocycles. The molecule has 5 rings (SSSR count). The Morgan fingerprint density at radius 3 is 2.38 bits per heavy atom. The number of anilines is 5. The van der Waals surface area contributed by atoms with Crippen LogP contribution in [0.2, 0.25) is 0 Å². The summed E-state index contributed by atoms with van der Waals surface area (Å²) in [4.78, 5) is 28.5. The number of benzene rings is 4. The van der Waals surface area contributed by atoms with Crippen molar-refractivity contribution in [3.63, 3.8) is 0 Å². The lowest BCUT2D eigenvalue weighted by Gasteiger charge is -2.14. The second kappa shape index (κ2) is 11.4. The number of hydrogen-bond donors (Lipinski definition) is 5. The minimum atomic E-state index is -4.45. The van der Waals surface area contributed by atoms with Crippen LogP contribution in [0.5, 0.6) is 5.75 Å². The maximum absolute atomic E-state index is 12.4. The molecule has 40 heavy (non-hydrogen) atoms. The molecule has 0 fully saturated rings. The Morgan fingerprint density at radius 2 is 1.62 bits per heavy atom. The molecule has 0 unspecified atom stereocenters. The highest BCUT2D eigenvalue weighted by atomic mass is 32.2. The third kappa shape index (κ3) is 6.18.